The van der Waals surface area contributed by atoms with E-state index in [1.165, 1.54) is 23.5 Å². The van der Waals surface area contributed by atoms with E-state index in [2.05, 4.69) is 15.5 Å². The van der Waals surface area contributed by atoms with Crippen LogP contribution in [-0.2, 0) is 0 Å². The van der Waals surface area contributed by atoms with Crippen LogP contribution >= 0.6 is 11.3 Å². The van der Waals surface area contributed by atoms with Crippen molar-refractivity contribution in [3.05, 3.63) is 29.8 Å². The molecule has 0 bridgehead atoms. The van der Waals surface area contributed by atoms with Crippen molar-refractivity contribution in [3.63, 3.8) is 0 Å². The van der Waals surface area contributed by atoms with E-state index in [9.17, 15) is 8.78 Å². The third-order valence-corrected chi connectivity index (χ3v) is 2.79. The van der Waals surface area contributed by atoms with E-state index in [0.29, 0.717) is 10.1 Å². The van der Waals surface area contributed by atoms with Crippen LogP contribution in [0.4, 0.5) is 13.9 Å². The molecule has 0 saturated carbocycles. The summed E-state index contributed by atoms with van der Waals surface area (Å²) in [7, 11) is 1.69. The molecule has 3 nitrogen and oxygen atoms in total. The van der Waals surface area contributed by atoms with Gasteiger partial charge in [-0.3, -0.25) is 0 Å². The van der Waals surface area contributed by atoms with Crippen LogP contribution in [0.5, 0.6) is 0 Å². The Labute approximate surface area is 88.8 Å². The Balaban J connectivity index is 2.49. The molecule has 1 N–H and O–H groups in total. The largest absolute Gasteiger partial charge is 0.363 e. The highest BCUT2D eigenvalue weighted by Crippen LogP contribution is 2.28. The lowest BCUT2D eigenvalue weighted by atomic mass is 10.2. The van der Waals surface area contributed by atoms with E-state index in [0.717, 1.165) is 6.07 Å². The highest BCUT2D eigenvalue weighted by molar-refractivity contribution is 7.18. The number of nitrogens with zero attached hydrogens (tertiary/aromatic N) is 2. The highest BCUT2D eigenvalue weighted by atomic mass is 32.1. The molecule has 0 aliphatic carbocycles. The predicted octanol–water partition coefficient (Wildman–Crippen LogP) is 2.53. The second-order valence-corrected chi connectivity index (χ2v) is 3.74. The second kappa shape index (κ2) is 3.90. The third kappa shape index (κ3) is 1.80. The molecule has 0 unspecified atom stereocenters. The van der Waals surface area contributed by atoms with Gasteiger partial charge in [-0.15, -0.1) is 10.2 Å². The van der Waals surface area contributed by atoms with Crippen LogP contribution in [0.1, 0.15) is 0 Å². The van der Waals surface area contributed by atoms with Gasteiger partial charge in [-0.1, -0.05) is 17.4 Å². The van der Waals surface area contributed by atoms with Crippen LogP contribution in [-0.4, -0.2) is 17.2 Å². The van der Waals surface area contributed by atoms with E-state index >= 15 is 0 Å². The number of nitrogens with one attached hydrogen (secondary N) is 1. The van der Waals surface area contributed by atoms with Crippen molar-refractivity contribution in [2.75, 3.05) is 12.4 Å². The van der Waals surface area contributed by atoms with Crippen LogP contribution in [0, 0.1) is 11.6 Å². The average Bonchev–Trinajstić information content (AvgIpc) is 2.70. The normalized spacial score (nSPS) is 10.3. The maximum Gasteiger partial charge on any atom is 0.205 e. The van der Waals surface area contributed by atoms with E-state index in [-0.39, 0.29) is 5.56 Å². The summed E-state index contributed by atoms with van der Waals surface area (Å²) in [5.41, 5.74) is 0.133. The first kappa shape index (κ1) is 9.97. The van der Waals surface area contributed by atoms with Crippen LogP contribution in [0.25, 0.3) is 10.6 Å². The molecule has 0 atom stereocenters. The van der Waals surface area contributed by atoms with Gasteiger partial charge in [0.15, 0.2) is 16.6 Å². The maximum atomic E-state index is 13.3. The van der Waals surface area contributed by atoms with E-state index < -0.39 is 11.6 Å². The molecule has 0 spiro atoms. The van der Waals surface area contributed by atoms with E-state index in [1.54, 1.807) is 7.05 Å². The quantitative estimate of drug-likeness (QED) is 0.856. The first-order valence-electron chi connectivity index (χ1n) is 4.18. The third-order valence-electron chi connectivity index (χ3n) is 1.82. The lowest BCUT2D eigenvalue weighted by molar-refractivity contribution is 0.511. The summed E-state index contributed by atoms with van der Waals surface area (Å²) in [4.78, 5) is 0. The van der Waals surface area contributed by atoms with Crippen LogP contribution in [0.2, 0.25) is 0 Å². The first-order valence-corrected chi connectivity index (χ1v) is 4.99. The summed E-state index contributed by atoms with van der Waals surface area (Å²) >= 11 is 1.17. The summed E-state index contributed by atoms with van der Waals surface area (Å²) in [5.74, 6) is -1.77. The molecular weight excluding hydrogens is 220 g/mol. The first-order chi connectivity index (χ1) is 7.22. The fourth-order valence-corrected chi connectivity index (χ4v) is 1.82. The molecule has 6 heteroatoms. The van der Waals surface area contributed by atoms with Gasteiger partial charge in [-0.2, -0.15) is 0 Å². The summed E-state index contributed by atoms with van der Waals surface area (Å²) in [6.45, 7) is 0. The summed E-state index contributed by atoms with van der Waals surface area (Å²) in [6.07, 6.45) is 0. The number of hydrogen-bond donors (Lipinski definition) is 1. The second-order valence-electron chi connectivity index (χ2n) is 2.76. The molecule has 1 heterocycles. The Morgan fingerprint density at radius 1 is 1.27 bits per heavy atom. The van der Waals surface area contributed by atoms with Gasteiger partial charge in [-0.25, -0.2) is 8.78 Å². The smallest absolute Gasteiger partial charge is 0.205 e. The number of halogens is 2. The molecule has 2 aromatic rings. The van der Waals surface area contributed by atoms with Crippen molar-refractivity contribution in [2.45, 2.75) is 0 Å². The summed E-state index contributed by atoms with van der Waals surface area (Å²) < 4.78 is 26.3. The Kier molecular flexibility index (Phi) is 2.59. The zero-order valence-electron chi connectivity index (χ0n) is 7.79. The van der Waals surface area contributed by atoms with E-state index in [4.69, 9.17) is 0 Å². The molecule has 15 heavy (non-hydrogen) atoms. The number of hydrogen-bond acceptors (Lipinski definition) is 4. The number of benzene rings is 1. The van der Waals surface area contributed by atoms with Gasteiger partial charge in [0.05, 0.1) is 5.56 Å². The summed E-state index contributed by atoms with van der Waals surface area (Å²) in [6, 6.07) is 3.98. The Morgan fingerprint density at radius 3 is 2.73 bits per heavy atom. The van der Waals surface area contributed by atoms with Gasteiger partial charge in [0.25, 0.3) is 0 Å². The molecule has 2 rings (SSSR count). The molecule has 0 saturated heterocycles. The minimum Gasteiger partial charge on any atom is -0.363 e. The molecule has 0 fully saturated rings. The van der Waals surface area contributed by atoms with Gasteiger partial charge in [0, 0.05) is 7.05 Å². The lowest BCUT2D eigenvalue weighted by Gasteiger charge is -1.97. The molecular formula is C9H7F2N3S. The highest BCUT2D eigenvalue weighted by Gasteiger charge is 2.13. The number of anilines is 1. The Hall–Kier alpha value is -1.56. The average molecular weight is 227 g/mol. The van der Waals surface area contributed by atoms with Crippen molar-refractivity contribution in [3.8, 4) is 10.6 Å². The maximum absolute atomic E-state index is 13.3. The summed E-state index contributed by atoms with van der Waals surface area (Å²) in [5, 5.41) is 11.2. The van der Waals surface area contributed by atoms with Crippen molar-refractivity contribution >= 4 is 16.5 Å². The van der Waals surface area contributed by atoms with Crippen LogP contribution < -0.4 is 5.32 Å². The lowest BCUT2D eigenvalue weighted by Crippen LogP contribution is -1.88. The molecule has 1 aromatic heterocycles. The number of aromatic nitrogens is 2. The molecule has 1 aromatic carbocycles. The molecule has 78 valence electrons. The van der Waals surface area contributed by atoms with Gasteiger partial charge >= 0.3 is 0 Å². The zero-order chi connectivity index (χ0) is 10.8. The van der Waals surface area contributed by atoms with Crippen molar-refractivity contribution < 1.29 is 8.78 Å². The molecule has 0 aliphatic rings. The molecule has 0 amide bonds. The SMILES string of the molecule is CNc1nnc(-c2cccc(F)c2F)s1. The predicted molar refractivity (Wildman–Crippen MR) is 54.8 cm³/mol. The fraction of sp³-hybridized carbons (Fsp3) is 0.111. The topological polar surface area (TPSA) is 37.8 Å². The molecule has 0 aliphatic heterocycles. The molecule has 0 radical (unpaired) electrons. The van der Waals surface area contributed by atoms with Gasteiger partial charge < -0.3 is 5.32 Å². The fourth-order valence-electron chi connectivity index (χ4n) is 1.10. The van der Waals surface area contributed by atoms with Crippen LogP contribution in [0.15, 0.2) is 18.2 Å². The van der Waals surface area contributed by atoms with Crippen LogP contribution in [0.3, 0.4) is 0 Å². The van der Waals surface area contributed by atoms with Crippen molar-refractivity contribution in [1.82, 2.24) is 10.2 Å². The zero-order valence-corrected chi connectivity index (χ0v) is 8.61. The minimum absolute atomic E-state index is 0.133. The van der Waals surface area contributed by atoms with Gasteiger partial charge in [0.2, 0.25) is 5.13 Å². The van der Waals surface area contributed by atoms with Gasteiger partial charge in [0.1, 0.15) is 0 Å². The monoisotopic (exact) mass is 227 g/mol. The Morgan fingerprint density at radius 2 is 2.07 bits per heavy atom. The van der Waals surface area contributed by atoms with Crippen molar-refractivity contribution in [1.29, 1.82) is 0 Å². The van der Waals surface area contributed by atoms with Gasteiger partial charge in [-0.05, 0) is 12.1 Å². The van der Waals surface area contributed by atoms with E-state index in [1.807, 2.05) is 0 Å². The Bertz CT molecular complexity index is 484. The standard InChI is InChI=1S/C9H7F2N3S/c1-12-9-14-13-8(15-9)5-3-2-4-6(10)7(5)11/h2-4H,1H3,(H,12,14). The van der Waals surface area contributed by atoms with Crippen molar-refractivity contribution in [2.24, 2.45) is 0 Å². The minimum atomic E-state index is -0.892. The number of rotatable bonds is 2.